The molecule has 25 heavy (non-hydrogen) atoms. The molecule has 3 aromatic rings. The van der Waals surface area contributed by atoms with Crippen molar-refractivity contribution in [2.75, 3.05) is 7.11 Å². The molecule has 10 heteroatoms. The highest BCUT2D eigenvalue weighted by Crippen LogP contribution is 2.27. The second-order valence-electron chi connectivity index (χ2n) is 4.97. The average molecular weight is 361 g/mol. The Kier molecular flexibility index (Phi) is 3.97. The van der Waals surface area contributed by atoms with E-state index in [-0.39, 0.29) is 27.2 Å². The topological polar surface area (TPSA) is 121 Å². The predicted molar refractivity (Wildman–Crippen MR) is 86.8 cm³/mol. The summed E-state index contributed by atoms with van der Waals surface area (Å²) in [4.78, 5) is 26.1. The lowest BCUT2D eigenvalue weighted by Gasteiger charge is -2.06. The number of rotatable bonds is 4. The van der Waals surface area contributed by atoms with Crippen LogP contribution in [0.3, 0.4) is 0 Å². The molecule has 128 valence electrons. The summed E-state index contributed by atoms with van der Waals surface area (Å²) >= 11 is 0. The third kappa shape index (κ3) is 2.72. The van der Waals surface area contributed by atoms with Crippen molar-refractivity contribution in [3.05, 3.63) is 64.5 Å². The number of esters is 1. The number of nitrogens with zero attached hydrogens (tertiary/aromatic N) is 3. The predicted octanol–water partition coefficient (Wildman–Crippen LogP) is 1.97. The summed E-state index contributed by atoms with van der Waals surface area (Å²) in [6, 6.07) is 8.64. The maximum atomic E-state index is 12.8. The largest absolute Gasteiger partial charge is 0.465 e. The van der Waals surface area contributed by atoms with Crippen molar-refractivity contribution >= 4 is 32.7 Å². The van der Waals surface area contributed by atoms with Gasteiger partial charge in [0, 0.05) is 17.6 Å². The molecule has 0 atom stereocenters. The van der Waals surface area contributed by atoms with E-state index in [1.807, 2.05) is 0 Å². The molecule has 0 amide bonds. The van der Waals surface area contributed by atoms with Gasteiger partial charge in [0.2, 0.25) is 0 Å². The van der Waals surface area contributed by atoms with Gasteiger partial charge < -0.3 is 4.74 Å². The molecule has 3 rings (SSSR count). The fraction of sp³-hybridized carbons (Fsp3) is 0.0667. The van der Waals surface area contributed by atoms with Crippen LogP contribution in [0.1, 0.15) is 10.4 Å². The van der Waals surface area contributed by atoms with Gasteiger partial charge in [0.05, 0.1) is 22.5 Å². The Balaban J connectivity index is 2.33. The first-order valence-electron chi connectivity index (χ1n) is 6.90. The van der Waals surface area contributed by atoms with E-state index in [1.54, 1.807) is 18.2 Å². The van der Waals surface area contributed by atoms with E-state index in [0.717, 1.165) is 29.5 Å². The van der Waals surface area contributed by atoms with Gasteiger partial charge in [0.25, 0.3) is 15.7 Å². The van der Waals surface area contributed by atoms with Crippen molar-refractivity contribution in [3.8, 4) is 0 Å². The van der Waals surface area contributed by atoms with Crippen LogP contribution in [0.25, 0.3) is 11.0 Å². The summed E-state index contributed by atoms with van der Waals surface area (Å²) in [5.41, 5.74) is -0.601. The highest BCUT2D eigenvalue weighted by Gasteiger charge is 2.26. The van der Waals surface area contributed by atoms with E-state index in [9.17, 15) is 23.3 Å². The zero-order chi connectivity index (χ0) is 18.2. The van der Waals surface area contributed by atoms with Crippen LogP contribution in [0.4, 0.5) is 5.69 Å². The number of pyridine rings is 1. The molecule has 0 fully saturated rings. The molecule has 0 N–H and O–H groups in total. The average Bonchev–Trinajstić information content (AvgIpc) is 3.01. The molecular weight excluding hydrogens is 350 g/mol. The summed E-state index contributed by atoms with van der Waals surface area (Å²) in [6.45, 7) is 0. The van der Waals surface area contributed by atoms with Gasteiger partial charge in [-0.15, -0.1) is 0 Å². The van der Waals surface area contributed by atoms with Gasteiger partial charge >= 0.3 is 5.97 Å². The molecule has 0 spiro atoms. The first-order chi connectivity index (χ1) is 11.9. The number of ether oxygens (including phenoxy) is 1. The van der Waals surface area contributed by atoms with E-state index >= 15 is 0 Å². The molecule has 0 radical (unpaired) electrons. The van der Waals surface area contributed by atoms with Crippen molar-refractivity contribution < 1.29 is 22.9 Å². The van der Waals surface area contributed by atoms with Crippen molar-refractivity contribution in [1.82, 2.24) is 8.96 Å². The van der Waals surface area contributed by atoms with Crippen molar-refractivity contribution in [2.45, 2.75) is 4.90 Å². The highest BCUT2D eigenvalue weighted by molar-refractivity contribution is 7.90. The maximum Gasteiger partial charge on any atom is 0.340 e. The third-order valence-electron chi connectivity index (χ3n) is 3.51. The molecule has 2 heterocycles. The number of carbonyl (C=O) groups excluding carboxylic acids is 1. The van der Waals surface area contributed by atoms with Gasteiger partial charge in [0.15, 0.2) is 5.65 Å². The number of hydrogen-bond acceptors (Lipinski definition) is 7. The normalized spacial score (nSPS) is 11.4. The van der Waals surface area contributed by atoms with Gasteiger partial charge in [-0.2, -0.15) is 0 Å². The van der Waals surface area contributed by atoms with Crippen molar-refractivity contribution in [2.24, 2.45) is 0 Å². The number of fused-ring (bicyclic) bond motifs is 1. The molecule has 2 aromatic heterocycles. The maximum absolute atomic E-state index is 12.8. The third-order valence-corrected chi connectivity index (χ3v) is 5.18. The fourth-order valence-corrected chi connectivity index (χ4v) is 3.68. The fourth-order valence-electron chi connectivity index (χ4n) is 2.33. The molecule has 0 saturated heterocycles. The number of nitro groups is 1. The van der Waals surface area contributed by atoms with Crippen LogP contribution < -0.4 is 0 Å². The van der Waals surface area contributed by atoms with Crippen LogP contribution in [0, 0.1) is 10.1 Å². The molecule has 0 saturated carbocycles. The second-order valence-corrected chi connectivity index (χ2v) is 6.78. The second kappa shape index (κ2) is 5.98. The van der Waals surface area contributed by atoms with Gasteiger partial charge in [-0.25, -0.2) is 22.2 Å². The van der Waals surface area contributed by atoms with Crippen LogP contribution in [0.15, 0.2) is 53.7 Å². The molecule has 0 bridgehead atoms. The van der Waals surface area contributed by atoms with E-state index < -0.39 is 20.9 Å². The lowest BCUT2D eigenvalue weighted by molar-refractivity contribution is -0.385. The van der Waals surface area contributed by atoms with Gasteiger partial charge in [-0.05, 0) is 12.1 Å². The lowest BCUT2D eigenvalue weighted by Crippen LogP contribution is -2.12. The molecule has 1 aromatic carbocycles. The molecular formula is C15H11N3O6S. The number of methoxy groups -OCH3 is 1. The Hall–Kier alpha value is -3.27. The zero-order valence-electron chi connectivity index (χ0n) is 12.8. The summed E-state index contributed by atoms with van der Waals surface area (Å²) in [5.74, 6) is -0.825. The van der Waals surface area contributed by atoms with Crippen molar-refractivity contribution in [1.29, 1.82) is 0 Å². The lowest BCUT2D eigenvalue weighted by atomic mass is 10.2. The minimum Gasteiger partial charge on any atom is -0.465 e. The minimum atomic E-state index is -4.04. The van der Waals surface area contributed by atoms with Crippen molar-refractivity contribution in [3.63, 3.8) is 0 Å². The van der Waals surface area contributed by atoms with Gasteiger partial charge in [-0.3, -0.25) is 10.1 Å². The Bertz CT molecular complexity index is 1090. The number of aromatic nitrogens is 2. The molecule has 0 aliphatic carbocycles. The number of carbonyl (C=O) groups is 1. The van der Waals surface area contributed by atoms with Gasteiger partial charge in [0.1, 0.15) is 6.20 Å². The summed E-state index contributed by atoms with van der Waals surface area (Å²) in [6.07, 6.45) is 1.98. The van der Waals surface area contributed by atoms with E-state index in [1.165, 1.54) is 12.1 Å². The Morgan fingerprint density at radius 3 is 2.56 bits per heavy atom. The van der Waals surface area contributed by atoms with Crippen LogP contribution in [-0.4, -0.2) is 35.4 Å². The number of benzene rings is 1. The summed E-state index contributed by atoms with van der Waals surface area (Å²) in [7, 11) is -2.92. The summed E-state index contributed by atoms with van der Waals surface area (Å²) < 4.78 is 31.1. The molecule has 0 aliphatic heterocycles. The minimum absolute atomic E-state index is 0.0107. The van der Waals surface area contributed by atoms with E-state index in [4.69, 9.17) is 0 Å². The first-order valence-corrected chi connectivity index (χ1v) is 8.34. The Morgan fingerprint density at radius 1 is 1.28 bits per heavy atom. The van der Waals surface area contributed by atoms with Crippen LogP contribution in [0.2, 0.25) is 0 Å². The zero-order valence-corrected chi connectivity index (χ0v) is 13.6. The van der Waals surface area contributed by atoms with E-state index in [0.29, 0.717) is 0 Å². The van der Waals surface area contributed by atoms with Crippen LogP contribution in [-0.2, 0) is 14.8 Å². The molecule has 0 unspecified atom stereocenters. The summed E-state index contributed by atoms with van der Waals surface area (Å²) in [5, 5.41) is 11.0. The SMILES string of the molecule is COC(=O)c1cn(S(=O)(=O)c2ccccc2)c2ncc([N+](=O)[O-])cc12. The molecule has 0 aliphatic rings. The quantitative estimate of drug-likeness (QED) is 0.395. The first kappa shape index (κ1) is 16.6. The highest BCUT2D eigenvalue weighted by atomic mass is 32.2. The standard InChI is InChI=1S/C15H11N3O6S/c1-24-15(19)13-9-17(25(22,23)11-5-3-2-4-6-11)14-12(13)7-10(8-16-14)18(20)21/h2-9H,1H3. The monoisotopic (exact) mass is 361 g/mol. The van der Waals surface area contributed by atoms with Crippen LogP contribution in [0.5, 0.6) is 0 Å². The van der Waals surface area contributed by atoms with Gasteiger partial charge in [-0.1, -0.05) is 18.2 Å². The molecule has 9 nitrogen and oxygen atoms in total. The van der Waals surface area contributed by atoms with E-state index in [2.05, 4.69) is 9.72 Å². The smallest absolute Gasteiger partial charge is 0.340 e. The number of hydrogen-bond donors (Lipinski definition) is 0. The van der Waals surface area contributed by atoms with Crippen LogP contribution >= 0.6 is 0 Å². The Labute approximate surface area is 141 Å². The Morgan fingerprint density at radius 2 is 1.96 bits per heavy atom.